The van der Waals surface area contributed by atoms with E-state index >= 15 is 0 Å². The van der Waals surface area contributed by atoms with Gasteiger partial charge in [-0.3, -0.25) is 0 Å². The molecule has 118 valence electrons. The fraction of sp³-hybridized carbons (Fsp3) is 0.684. The topological polar surface area (TPSA) is 21.3 Å². The number of hydrogen-bond donors (Lipinski definition) is 1. The number of rotatable bonds is 5. The van der Waals surface area contributed by atoms with Gasteiger partial charge >= 0.3 is 0 Å². The molecule has 1 aliphatic rings. The van der Waals surface area contributed by atoms with Crippen LogP contribution >= 0.6 is 0 Å². The van der Waals surface area contributed by atoms with Crippen LogP contribution in [0.15, 0.2) is 24.3 Å². The third-order valence-corrected chi connectivity index (χ3v) is 4.92. The molecular formula is C19H31NO. The van der Waals surface area contributed by atoms with Crippen LogP contribution in [-0.4, -0.2) is 18.8 Å². The normalized spacial score (nSPS) is 24.7. The summed E-state index contributed by atoms with van der Waals surface area (Å²) < 4.78 is 5.79. The average molecular weight is 289 g/mol. The zero-order valence-corrected chi connectivity index (χ0v) is 14.5. The maximum absolute atomic E-state index is 5.79. The van der Waals surface area contributed by atoms with Crippen molar-refractivity contribution in [2.75, 3.05) is 6.61 Å². The highest BCUT2D eigenvalue weighted by molar-refractivity contribution is 5.27. The minimum Gasteiger partial charge on any atom is -0.378 e. The van der Waals surface area contributed by atoms with E-state index in [1.54, 1.807) is 0 Å². The largest absolute Gasteiger partial charge is 0.378 e. The molecule has 0 radical (unpaired) electrons. The highest BCUT2D eigenvalue weighted by Gasteiger charge is 2.48. The molecular weight excluding hydrogens is 258 g/mol. The Morgan fingerprint density at radius 2 is 1.81 bits per heavy atom. The smallest absolute Gasteiger partial charge is 0.0655 e. The van der Waals surface area contributed by atoms with Crippen LogP contribution in [0.1, 0.15) is 59.1 Å². The highest BCUT2D eigenvalue weighted by atomic mass is 16.5. The van der Waals surface area contributed by atoms with Crippen molar-refractivity contribution in [3.8, 4) is 0 Å². The van der Waals surface area contributed by atoms with Crippen molar-refractivity contribution in [2.45, 2.75) is 72.1 Å². The Labute approximate surface area is 130 Å². The molecule has 2 heteroatoms. The molecule has 0 amide bonds. The molecule has 1 N–H and O–H groups in total. The van der Waals surface area contributed by atoms with Gasteiger partial charge in [0, 0.05) is 24.6 Å². The van der Waals surface area contributed by atoms with Gasteiger partial charge in [0.25, 0.3) is 0 Å². The predicted octanol–water partition coefficient (Wildman–Crippen LogP) is 4.28. The quantitative estimate of drug-likeness (QED) is 0.873. The summed E-state index contributed by atoms with van der Waals surface area (Å²) in [7, 11) is 0. The highest BCUT2D eigenvalue weighted by Crippen LogP contribution is 2.42. The van der Waals surface area contributed by atoms with Gasteiger partial charge in [0.05, 0.1) is 6.10 Å². The second-order valence-corrected chi connectivity index (χ2v) is 7.88. The fourth-order valence-corrected chi connectivity index (χ4v) is 3.08. The van der Waals surface area contributed by atoms with E-state index in [0.717, 1.165) is 19.6 Å². The molecule has 2 rings (SSSR count). The minimum atomic E-state index is 0.229. The molecule has 2 atom stereocenters. The second kappa shape index (κ2) is 6.10. The van der Waals surface area contributed by atoms with Crippen molar-refractivity contribution in [1.82, 2.24) is 5.32 Å². The van der Waals surface area contributed by atoms with Crippen LogP contribution in [0.25, 0.3) is 0 Å². The Morgan fingerprint density at radius 3 is 2.29 bits per heavy atom. The second-order valence-electron chi connectivity index (χ2n) is 7.88. The third-order valence-electron chi connectivity index (χ3n) is 4.92. The lowest BCUT2D eigenvalue weighted by Crippen LogP contribution is -2.60. The summed E-state index contributed by atoms with van der Waals surface area (Å²) in [5.41, 5.74) is 3.22. The van der Waals surface area contributed by atoms with Crippen LogP contribution in [0.3, 0.4) is 0 Å². The molecule has 0 heterocycles. The first kappa shape index (κ1) is 16.5. The molecule has 1 aliphatic carbocycles. The minimum absolute atomic E-state index is 0.229. The van der Waals surface area contributed by atoms with Gasteiger partial charge in [-0.2, -0.15) is 0 Å². The maximum atomic E-state index is 5.79. The zero-order chi connectivity index (χ0) is 15.7. The van der Waals surface area contributed by atoms with Gasteiger partial charge in [-0.15, -0.1) is 0 Å². The van der Waals surface area contributed by atoms with Crippen LogP contribution < -0.4 is 5.32 Å². The summed E-state index contributed by atoms with van der Waals surface area (Å²) in [6, 6.07) is 9.56. The van der Waals surface area contributed by atoms with Crippen LogP contribution in [-0.2, 0) is 16.7 Å². The number of benzene rings is 1. The van der Waals surface area contributed by atoms with Crippen molar-refractivity contribution >= 4 is 0 Å². The standard InChI is InChI=1S/C19H31NO/c1-7-21-17-12-16(19(17,5)6)20-13-14-8-10-15(11-9-14)18(2,3)4/h8-11,16-17,20H,7,12-13H2,1-6H3. The van der Waals surface area contributed by atoms with Crippen LogP contribution in [0.2, 0.25) is 0 Å². The molecule has 2 nitrogen and oxygen atoms in total. The lowest BCUT2D eigenvalue weighted by Gasteiger charge is -2.52. The molecule has 0 aliphatic heterocycles. The Kier molecular flexibility index (Phi) is 4.79. The summed E-state index contributed by atoms with van der Waals surface area (Å²) in [5, 5.41) is 3.69. The maximum Gasteiger partial charge on any atom is 0.0655 e. The molecule has 0 aromatic heterocycles. The first-order valence-corrected chi connectivity index (χ1v) is 8.19. The van der Waals surface area contributed by atoms with E-state index in [-0.39, 0.29) is 10.8 Å². The van der Waals surface area contributed by atoms with Gasteiger partial charge in [0.1, 0.15) is 0 Å². The van der Waals surface area contributed by atoms with E-state index in [9.17, 15) is 0 Å². The first-order chi connectivity index (χ1) is 9.75. The molecule has 1 aromatic rings. The van der Waals surface area contributed by atoms with Crippen LogP contribution in [0, 0.1) is 5.41 Å². The van der Waals surface area contributed by atoms with Crippen LogP contribution in [0.4, 0.5) is 0 Å². The molecule has 0 bridgehead atoms. The van der Waals surface area contributed by atoms with Gasteiger partial charge in [-0.1, -0.05) is 58.9 Å². The van der Waals surface area contributed by atoms with E-state index in [0.29, 0.717) is 12.1 Å². The number of hydrogen-bond acceptors (Lipinski definition) is 2. The molecule has 1 aromatic carbocycles. The van der Waals surface area contributed by atoms with Crippen molar-refractivity contribution in [3.05, 3.63) is 35.4 Å². The molecule has 2 unspecified atom stereocenters. The van der Waals surface area contributed by atoms with Gasteiger partial charge in [-0.25, -0.2) is 0 Å². The summed E-state index contributed by atoms with van der Waals surface area (Å²) in [5.74, 6) is 0. The summed E-state index contributed by atoms with van der Waals surface area (Å²) in [6.07, 6.45) is 1.53. The van der Waals surface area contributed by atoms with E-state index < -0.39 is 0 Å². The van der Waals surface area contributed by atoms with Gasteiger partial charge in [0.2, 0.25) is 0 Å². The van der Waals surface area contributed by atoms with Gasteiger partial charge in [0.15, 0.2) is 0 Å². The van der Waals surface area contributed by atoms with Crippen molar-refractivity contribution in [1.29, 1.82) is 0 Å². The Hall–Kier alpha value is -0.860. The summed E-state index contributed by atoms with van der Waals surface area (Å²) >= 11 is 0. The van der Waals surface area contributed by atoms with E-state index in [4.69, 9.17) is 4.74 Å². The Morgan fingerprint density at radius 1 is 1.19 bits per heavy atom. The van der Waals surface area contributed by atoms with Gasteiger partial charge < -0.3 is 10.1 Å². The zero-order valence-electron chi connectivity index (χ0n) is 14.5. The van der Waals surface area contributed by atoms with Crippen molar-refractivity contribution in [3.63, 3.8) is 0 Å². The fourth-order valence-electron chi connectivity index (χ4n) is 3.08. The van der Waals surface area contributed by atoms with Crippen LogP contribution in [0.5, 0.6) is 0 Å². The summed E-state index contributed by atoms with van der Waals surface area (Å²) in [4.78, 5) is 0. The van der Waals surface area contributed by atoms with Crippen molar-refractivity contribution < 1.29 is 4.74 Å². The van der Waals surface area contributed by atoms with Crippen molar-refractivity contribution in [2.24, 2.45) is 5.41 Å². The number of nitrogens with one attached hydrogen (secondary N) is 1. The first-order valence-electron chi connectivity index (χ1n) is 8.19. The average Bonchev–Trinajstić information content (AvgIpc) is 2.41. The summed E-state index contributed by atoms with van der Waals surface area (Å²) in [6.45, 7) is 15.2. The molecule has 0 saturated heterocycles. The SMILES string of the molecule is CCOC1CC(NCc2ccc(C(C)(C)C)cc2)C1(C)C. The Balaban J connectivity index is 1.87. The third kappa shape index (κ3) is 3.67. The lowest BCUT2D eigenvalue weighted by atomic mass is 9.64. The van der Waals surface area contributed by atoms with E-state index in [2.05, 4.69) is 71.1 Å². The Bertz CT molecular complexity index is 455. The van der Waals surface area contributed by atoms with Gasteiger partial charge in [-0.05, 0) is 29.9 Å². The number of ether oxygens (including phenoxy) is 1. The van der Waals surface area contributed by atoms with E-state index in [1.165, 1.54) is 11.1 Å². The van der Waals surface area contributed by atoms with E-state index in [1.807, 2.05) is 0 Å². The molecule has 1 saturated carbocycles. The monoisotopic (exact) mass is 289 g/mol. The molecule has 21 heavy (non-hydrogen) atoms. The molecule has 1 fully saturated rings. The predicted molar refractivity (Wildman–Crippen MR) is 89.6 cm³/mol. The molecule has 0 spiro atoms. The lowest BCUT2D eigenvalue weighted by molar-refractivity contribution is -0.114.